The van der Waals surface area contributed by atoms with Gasteiger partial charge in [-0.05, 0) is 36.6 Å². The third-order valence-electron chi connectivity index (χ3n) is 4.86. The third kappa shape index (κ3) is 2.66. The average molecular weight is 361 g/mol. The number of fused-ring (bicyclic) bond motifs is 1. The zero-order valence-corrected chi connectivity index (χ0v) is 14.3. The Balaban J connectivity index is 1.51. The number of hydrogen-bond donors (Lipinski definition) is 2. The lowest BCUT2D eigenvalue weighted by molar-refractivity contribution is 0.625. The van der Waals surface area contributed by atoms with Crippen molar-refractivity contribution < 1.29 is 4.39 Å². The summed E-state index contributed by atoms with van der Waals surface area (Å²) in [5.74, 6) is 0.796. The number of nitrogen functional groups attached to an aromatic ring is 1. The van der Waals surface area contributed by atoms with E-state index in [-0.39, 0.29) is 11.4 Å². The molecule has 27 heavy (non-hydrogen) atoms. The third-order valence-corrected chi connectivity index (χ3v) is 4.86. The number of benzene rings is 1. The number of halogens is 1. The van der Waals surface area contributed by atoms with E-state index < -0.39 is 0 Å². The Hall–Kier alpha value is -3.55. The van der Waals surface area contributed by atoms with E-state index in [2.05, 4.69) is 25.4 Å². The monoisotopic (exact) mass is 361 g/mol. The first-order valence-corrected chi connectivity index (χ1v) is 8.60. The molecule has 0 unspecified atom stereocenters. The van der Waals surface area contributed by atoms with Crippen molar-refractivity contribution in [2.24, 2.45) is 0 Å². The predicted octanol–water partition coefficient (Wildman–Crippen LogP) is 3.01. The first-order valence-electron chi connectivity index (χ1n) is 8.60. The van der Waals surface area contributed by atoms with Crippen molar-refractivity contribution in [1.82, 2.24) is 24.6 Å². The Morgan fingerprint density at radius 3 is 2.70 bits per heavy atom. The number of hydrogen-bond acceptors (Lipinski definition) is 6. The van der Waals surface area contributed by atoms with Crippen LogP contribution in [0.2, 0.25) is 0 Å². The van der Waals surface area contributed by atoms with E-state index in [0.29, 0.717) is 28.5 Å². The van der Waals surface area contributed by atoms with Crippen LogP contribution in [0.5, 0.6) is 0 Å². The molecule has 0 atom stereocenters. The number of nitrogens with one attached hydrogen (secondary N) is 1. The molecule has 1 aliphatic carbocycles. The van der Waals surface area contributed by atoms with Crippen molar-refractivity contribution in [3.05, 3.63) is 66.5 Å². The van der Waals surface area contributed by atoms with Gasteiger partial charge in [-0.25, -0.2) is 23.9 Å². The predicted molar refractivity (Wildman–Crippen MR) is 99.4 cm³/mol. The minimum absolute atomic E-state index is 0.218. The fraction of sp³-hybridized carbons (Fsp3) is 0.158. The van der Waals surface area contributed by atoms with Gasteiger partial charge in [-0.1, -0.05) is 12.1 Å². The molecule has 3 aromatic heterocycles. The highest BCUT2D eigenvalue weighted by Crippen LogP contribution is 2.48. The Morgan fingerprint density at radius 2 is 1.93 bits per heavy atom. The van der Waals surface area contributed by atoms with Crippen LogP contribution >= 0.6 is 0 Å². The number of anilines is 2. The highest BCUT2D eigenvalue weighted by molar-refractivity contribution is 5.84. The van der Waals surface area contributed by atoms with Crippen molar-refractivity contribution in [2.75, 3.05) is 11.1 Å². The molecular weight excluding hydrogens is 345 g/mol. The number of nitrogens with zero attached hydrogens (tertiary/aromatic N) is 5. The fourth-order valence-electron chi connectivity index (χ4n) is 3.34. The molecule has 4 aromatic rings. The lowest BCUT2D eigenvalue weighted by Crippen LogP contribution is -2.19. The van der Waals surface area contributed by atoms with Gasteiger partial charge in [0.05, 0.1) is 16.8 Å². The SMILES string of the molecule is Nc1nn2cccnc2c1-c1cc(NC2(c3ccc(F)cc3)CC2)ncn1. The number of nitrogens with two attached hydrogens (primary N) is 1. The maximum absolute atomic E-state index is 13.2. The molecule has 7 nitrogen and oxygen atoms in total. The molecule has 0 aliphatic heterocycles. The minimum atomic E-state index is -0.241. The van der Waals surface area contributed by atoms with Gasteiger partial charge < -0.3 is 11.1 Å². The smallest absolute Gasteiger partial charge is 0.166 e. The Kier molecular flexibility index (Phi) is 3.33. The van der Waals surface area contributed by atoms with Crippen LogP contribution in [-0.2, 0) is 5.54 Å². The maximum atomic E-state index is 13.2. The zero-order chi connectivity index (χ0) is 18.4. The molecule has 134 valence electrons. The highest BCUT2D eigenvalue weighted by Gasteiger charge is 2.44. The summed E-state index contributed by atoms with van der Waals surface area (Å²) in [6, 6.07) is 10.2. The van der Waals surface area contributed by atoms with Crippen molar-refractivity contribution in [1.29, 1.82) is 0 Å². The first-order chi connectivity index (χ1) is 13.1. The lowest BCUT2D eigenvalue weighted by atomic mass is 10.0. The Morgan fingerprint density at radius 1 is 1.11 bits per heavy atom. The van der Waals surface area contributed by atoms with Gasteiger partial charge in [-0.15, -0.1) is 5.10 Å². The lowest BCUT2D eigenvalue weighted by Gasteiger charge is -2.18. The molecule has 0 saturated heterocycles. The van der Waals surface area contributed by atoms with Gasteiger partial charge in [-0.3, -0.25) is 0 Å². The molecule has 0 amide bonds. The summed E-state index contributed by atoms with van der Waals surface area (Å²) >= 11 is 0. The van der Waals surface area contributed by atoms with Gasteiger partial charge in [0.25, 0.3) is 0 Å². The van der Waals surface area contributed by atoms with E-state index in [0.717, 1.165) is 18.4 Å². The highest BCUT2D eigenvalue weighted by atomic mass is 19.1. The minimum Gasteiger partial charge on any atom is -0.382 e. The molecule has 0 spiro atoms. The molecule has 3 heterocycles. The van der Waals surface area contributed by atoms with Crippen molar-refractivity contribution in [3.8, 4) is 11.3 Å². The van der Waals surface area contributed by atoms with Crippen LogP contribution < -0.4 is 11.1 Å². The fourth-order valence-corrected chi connectivity index (χ4v) is 3.34. The molecule has 0 radical (unpaired) electrons. The summed E-state index contributed by atoms with van der Waals surface area (Å²) in [5.41, 5.74) is 8.88. The summed E-state index contributed by atoms with van der Waals surface area (Å²) in [7, 11) is 0. The number of aromatic nitrogens is 5. The van der Waals surface area contributed by atoms with Crippen molar-refractivity contribution >= 4 is 17.3 Å². The van der Waals surface area contributed by atoms with Crippen LogP contribution in [0.4, 0.5) is 16.0 Å². The molecule has 8 heteroatoms. The topological polar surface area (TPSA) is 94.0 Å². The van der Waals surface area contributed by atoms with E-state index in [4.69, 9.17) is 5.73 Å². The standard InChI is InChI=1S/C19H16FN7/c20-13-4-2-12(3-5-13)19(6-7-19)25-15-10-14(23-11-24-15)16-17(21)26-27-9-1-8-22-18(16)27/h1-5,8-11H,6-7H2,(H2,21,26)(H,23,24,25). The molecule has 0 bridgehead atoms. The van der Waals surface area contributed by atoms with Gasteiger partial charge in [0, 0.05) is 18.5 Å². The quantitative estimate of drug-likeness (QED) is 0.580. The second-order valence-electron chi connectivity index (χ2n) is 6.65. The van der Waals surface area contributed by atoms with E-state index in [1.165, 1.54) is 18.5 Å². The van der Waals surface area contributed by atoms with Gasteiger partial charge >= 0.3 is 0 Å². The van der Waals surface area contributed by atoms with E-state index in [1.54, 1.807) is 23.0 Å². The average Bonchev–Trinajstić information content (AvgIpc) is 3.36. The molecule has 1 fully saturated rings. The van der Waals surface area contributed by atoms with Crippen LogP contribution in [0.25, 0.3) is 16.9 Å². The second kappa shape index (κ2) is 5.73. The summed E-state index contributed by atoms with van der Waals surface area (Å²) in [5, 5.41) is 7.75. The van der Waals surface area contributed by atoms with Gasteiger partial charge in [0.1, 0.15) is 18.0 Å². The maximum Gasteiger partial charge on any atom is 0.166 e. The van der Waals surface area contributed by atoms with Crippen LogP contribution in [0, 0.1) is 5.82 Å². The van der Waals surface area contributed by atoms with E-state index in [1.807, 2.05) is 18.2 Å². The van der Waals surface area contributed by atoms with E-state index >= 15 is 0 Å². The molecule has 1 aromatic carbocycles. The summed E-state index contributed by atoms with van der Waals surface area (Å²) in [6.07, 6.45) is 6.88. The second-order valence-corrected chi connectivity index (χ2v) is 6.65. The normalized spacial score (nSPS) is 15.0. The van der Waals surface area contributed by atoms with Crippen LogP contribution in [0.1, 0.15) is 18.4 Å². The van der Waals surface area contributed by atoms with Crippen LogP contribution in [0.3, 0.4) is 0 Å². The molecular formula is C19H16FN7. The largest absolute Gasteiger partial charge is 0.382 e. The zero-order valence-electron chi connectivity index (χ0n) is 14.3. The number of rotatable bonds is 4. The Labute approximate surface area is 154 Å². The molecule has 1 aliphatic rings. The summed E-state index contributed by atoms with van der Waals surface area (Å²) < 4.78 is 14.9. The van der Waals surface area contributed by atoms with Crippen LogP contribution in [0.15, 0.2) is 55.1 Å². The summed E-state index contributed by atoms with van der Waals surface area (Å²) in [4.78, 5) is 13.1. The first kappa shape index (κ1) is 15.7. The molecule has 1 saturated carbocycles. The van der Waals surface area contributed by atoms with Crippen molar-refractivity contribution in [2.45, 2.75) is 18.4 Å². The molecule has 5 rings (SSSR count). The van der Waals surface area contributed by atoms with Gasteiger partial charge in [0.2, 0.25) is 0 Å². The Bertz CT molecular complexity index is 1130. The molecule has 3 N–H and O–H groups in total. The summed E-state index contributed by atoms with van der Waals surface area (Å²) in [6.45, 7) is 0. The van der Waals surface area contributed by atoms with Crippen molar-refractivity contribution in [3.63, 3.8) is 0 Å². The van der Waals surface area contributed by atoms with E-state index in [9.17, 15) is 4.39 Å². The van der Waals surface area contributed by atoms with Gasteiger partial charge in [0.15, 0.2) is 11.5 Å². The van der Waals surface area contributed by atoms with Gasteiger partial charge in [-0.2, -0.15) is 0 Å². The van der Waals surface area contributed by atoms with Crippen LogP contribution in [-0.4, -0.2) is 24.6 Å².